The van der Waals surface area contributed by atoms with Gasteiger partial charge in [-0.2, -0.15) is 0 Å². The molecule has 1 saturated carbocycles. The van der Waals surface area contributed by atoms with Crippen LogP contribution in [0, 0.1) is 11.6 Å². The molecule has 0 unspecified atom stereocenters. The van der Waals surface area contributed by atoms with E-state index >= 15 is 0 Å². The van der Waals surface area contributed by atoms with Gasteiger partial charge in [0.2, 0.25) is 0 Å². The highest BCUT2D eigenvalue weighted by atomic mass is 19.1. The first-order valence-electron chi connectivity index (χ1n) is 6.35. The van der Waals surface area contributed by atoms with E-state index in [-0.39, 0.29) is 11.6 Å². The maximum absolute atomic E-state index is 13.7. The summed E-state index contributed by atoms with van der Waals surface area (Å²) in [6.45, 7) is 0.507. The average Bonchev–Trinajstić information content (AvgIpc) is 3.22. The van der Waals surface area contributed by atoms with Crippen molar-refractivity contribution in [2.75, 3.05) is 0 Å². The number of benzene rings is 1. The Hall–Kier alpha value is -1.81. The second-order valence-electron chi connectivity index (χ2n) is 4.85. The molecule has 1 aliphatic rings. The first-order valence-corrected chi connectivity index (χ1v) is 6.35. The molecule has 0 radical (unpaired) electrons. The largest absolute Gasteiger partial charge is 0.310 e. The van der Waals surface area contributed by atoms with Crippen LogP contribution in [0.5, 0.6) is 0 Å². The molecule has 0 aliphatic heterocycles. The molecule has 0 atom stereocenters. The Morgan fingerprint density at radius 3 is 2.68 bits per heavy atom. The van der Waals surface area contributed by atoms with Gasteiger partial charge in [0.05, 0.1) is 6.20 Å². The van der Waals surface area contributed by atoms with E-state index < -0.39 is 0 Å². The first kappa shape index (κ1) is 12.2. The maximum Gasteiger partial charge on any atom is 0.142 e. The van der Waals surface area contributed by atoms with E-state index in [1.54, 1.807) is 18.3 Å². The third-order valence-electron chi connectivity index (χ3n) is 3.24. The standard InChI is InChI=1S/C15H14F2N2/c16-13-6-11(7-18-9-13)10-1-4-15(17)12(5-10)8-19-14-2-3-14/h1,4-7,9,14,19H,2-3,8H2. The van der Waals surface area contributed by atoms with E-state index in [1.807, 2.05) is 0 Å². The molecule has 4 heteroatoms. The van der Waals surface area contributed by atoms with Crippen LogP contribution in [0.15, 0.2) is 36.7 Å². The summed E-state index contributed by atoms with van der Waals surface area (Å²) < 4.78 is 26.9. The zero-order valence-corrected chi connectivity index (χ0v) is 10.4. The van der Waals surface area contributed by atoms with Gasteiger partial charge in [-0.15, -0.1) is 0 Å². The molecule has 2 nitrogen and oxygen atoms in total. The van der Waals surface area contributed by atoms with E-state index in [0.717, 1.165) is 24.6 Å². The zero-order valence-electron chi connectivity index (χ0n) is 10.4. The lowest BCUT2D eigenvalue weighted by Gasteiger charge is -2.08. The first-order chi connectivity index (χ1) is 9.22. The Labute approximate surface area is 110 Å². The van der Waals surface area contributed by atoms with Crippen LogP contribution in [-0.4, -0.2) is 11.0 Å². The Kier molecular flexibility index (Phi) is 3.25. The van der Waals surface area contributed by atoms with Crippen LogP contribution < -0.4 is 5.32 Å². The Balaban J connectivity index is 1.87. The summed E-state index contributed by atoms with van der Waals surface area (Å²) in [5.74, 6) is -0.624. The number of hydrogen-bond donors (Lipinski definition) is 1. The SMILES string of the molecule is Fc1cncc(-c2ccc(F)c(CNC3CC3)c2)c1. The van der Waals surface area contributed by atoms with E-state index in [1.165, 1.54) is 12.1 Å². The lowest BCUT2D eigenvalue weighted by Crippen LogP contribution is -2.16. The van der Waals surface area contributed by atoms with Crippen molar-refractivity contribution in [1.29, 1.82) is 0 Å². The Morgan fingerprint density at radius 2 is 1.95 bits per heavy atom. The fourth-order valence-electron chi connectivity index (χ4n) is 2.00. The van der Waals surface area contributed by atoms with Crippen molar-refractivity contribution >= 4 is 0 Å². The normalized spacial score (nSPS) is 14.6. The quantitative estimate of drug-likeness (QED) is 0.912. The molecule has 0 saturated heterocycles. The number of hydrogen-bond acceptors (Lipinski definition) is 2. The Bertz CT molecular complexity index is 594. The molecule has 0 amide bonds. The molecule has 1 aromatic heterocycles. The predicted molar refractivity (Wildman–Crippen MR) is 69.5 cm³/mol. The summed E-state index contributed by atoms with van der Waals surface area (Å²) in [6, 6.07) is 6.75. The van der Waals surface area contributed by atoms with Crippen molar-refractivity contribution < 1.29 is 8.78 Å². The number of nitrogens with zero attached hydrogens (tertiary/aromatic N) is 1. The molecule has 0 bridgehead atoms. The minimum atomic E-state index is -0.389. The highest BCUT2D eigenvalue weighted by Gasteiger charge is 2.20. The molecular formula is C15H14F2N2. The number of aromatic nitrogens is 1. The van der Waals surface area contributed by atoms with Gasteiger partial charge in [-0.1, -0.05) is 6.07 Å². The average molecular weight is 260 g/mol. The second kappa shape index (κ2) is 5.05. The minimum Gasteiger partial charge on any atom is -0.310 e. The maximum atomic E-state index is 13.7. The van der Waals surface area contributed by atoms with Gasteiger partial charge in [-0.3, -0.25) is 4.98 Å². The summed E-state index contributed by atoms with van der Waals surface area (Å²) in [5.41, 5.74) is 2.04. The monoisotopic (exact) mass is 260 g/mol. The molecule has 1 N–H and O–H groups in total. The summed E-state index contributed by atoms with van der Waals surface area (Å²) >= 11 is 0. The highest BCUT2D eigenvalue weighted by Crippen LogP contribution is 2.24. The summed E-state index contributed by atoms with van der Waals surface area (Å²) in [6.07, 6.45) is 5.06. The van der Waals surface area contributed by atoms with Crippen molar-refractivity contribution in [2.45, 2.75) is 25.4 Å². The van der Waals surface area contributed by atoms with Crippen molar-refractivity contribution in [3.05, 3.63) is 53.9 Å². The lowest BCUT2D eigenvalue weighted by molar-refractivity contribution is 0.587. The third kappa shape index (κ3) is 2.96. The number of rotatable bonds is 4. The molecule has 1 fully saturated rings. The number of nitrogens with one attached hydrogen (secondary N) is 1. The summed E-state index contributed by atoms with van der Waals surface area (Å²) in [4.78, 5) is 3.81. The molecule has 19 heavy (non-hydrogen) atoms. The van der Waals surface area contributed by atoms with E-state index in [0.29, 0.717) is 23.7 Å². The van der Waals surface area contributed by atoms with Crippen LogP contribution in [-0.2, 0) is 6.54 Å². The van der Waals surface area contributed by atoms with E-state index in [2.05, 4.69) is 10.3 Å². The van der Waals surface area contributed by atoms with Crippen molar-refractivity contribution in [3.8, 4) is 11.1 Å². The van der Waals surface area contributed by atoms with Crippen molar-refractivity contribution in [1.82, 2.24) is 10.3 Å². The van der Waals surface area contributed by atoms with Crippen molar-refractivity contribution in [2.24, 2.45) is 0 Å². The van der Waals surface area contributed by atoms with Crippen LogP contribution in [0.1, 0.15) is 18.4 Å². The van der Waals surface area contributed by atoms with Crippen LogP contribution in [0.25, 0.3) is 11.1 Å². The summed E-state index contributed by atoms with van der Waals surface area (Å²) in [5, 5.41) is 3.27. The molecule has 1 aromatic carbocycles. The topological polar surface area (TPSA) is 24.9 Å². The molecule has 98 valence electrons. The number of halogens is 2. The van der Waals surface area contributed by atoms with Gasteiger partial charge >= 0.3 is 0 Å². The van der Waals surface area contributed by atoms with Crippen LogP contribution in [0.2, 0.25) is 0 Å². The van der Waals surface area contributed by atoms with Gasteiger partial charge in [0, 0.05) is 29.9 Å². The molecule has 3 rings (SSSR count). The smallest absolute Gasteiger partial charge is 0.142 e. The second-order valence-corrected chi connectivity index (χ2v) is 4.85. The lowest BCUT2D eigenvalue weighted by atomic mass is 10.0. The predicted octanol–water partition coefficient (Wildman–Crippen LogP) is 3.28. The van der Waals surface area contributed by atoms with E-state index in [4.69, 9.17) is 0 Å². The molecule has 2 aromatic rings. The van der Waals surface area contributed by atoms with Gasteiger partial charge in [-0.05, 0) is 36.6 Å². The molecule has 1 aliphatic carbocycles. The van der Waals surface area contributed by atoms with Crippen LogP contribution in [0.4, 0.5) is 8.78 Å². The molecule has 1 heterocycles. The number of pyridine rings is 1. The van der Waals surface area contributed by atoms with Gasteiger partial charge in [-0.25, -0.2) is 8.78 Å². The zero-order chi connectivity index (χ0) is 13.2. The van der Waals surface area contributed by atoms with Gasteiger partial charge in [0.1, 0.15) is 11.6 Å². The summed E-state index contributed by atoms with van der Waals surface area (Å²) in [7, 11) is 0. The third-order valence-corrected chi connectivity index (χ3v) is 3.24. The van der Waals surface area contributed by atoms with Gasteiger partial charge < -0.3 is 5.32 Å². The Morgan fingerprint density at radius 1 is 1.11 bits per heavy atom. The van der Waals surface area contributed by atoms with Gasteiger partial charge in [0.25, 0.3) is 0 Å². The fraction of sp³-hybridized carbons (Fsp3) is 0.267. The van der Waals surface area contributed by atoms with Crippen molar-refractivity contribution in [3.63, 3.8) is 0 Å². The minimum absolute atomic E-state index is 0.235. The molecular weight excluding hydrogens is 246 g/mol. The molecule has 0 spiro atoms. The van der Waals surface area contributed by atoms with Gasteiger partial charge in [0.15, 0.2) is 0 Å². The highest BCUT2D eigenvalue weighted by molar-refractivity contribution is 5.63. The van der Waals surface area contributed by atoms with Crippen LogP contribution in [0.3, 0.4) is 0 Å². The van der Waals surface area contributed by atoms with Crippen LogP contribution >= 0.6 is 0 Å². The fourth-order valence-corrected chi connectivity index (χ4v) is 2.00. The van der Waals surface area contributed by atoms with E-state index in [9.17, 15) is 8.78 Å².